The second-order valence-corrected chi connectivity index (χ2v) is 33.7. The predicted octanol–water partition coefficient (Wildman–Crippen LogP) is -1.86. The summed E-state index contributed by atoms with van der Waals surface area (Å²) >= 11 is 0. The molecule has 10 fully saturated rings. The molecule has 0 aromatic heterocycles. The van der Waals surface area contributed by atoms with Crippen molar-refractivity contribution >= 4 is 148 Å². The molecule has 0 aromatic carbocycles. The lowest BCUT2D eigenvalue weighted by Crippen LogP contribution is -2.40. The first kappa shape index (κ1) is 122. The SMILES string of the molecule is C[13CH2][13CH]1[13CH2][13CH2][13CH2][15N]1C[13C](=O)NCCC(=O)[15NH]CC[13C](=O)ON1C(=O)CCC1=O.[13CH3][13CH2]C1CCCN1[13CH2][13C](=O)NCCC(=O)[15NH][13CH3].[13CH3][13CH2]C1CCC[15N]1[13CH2]C(=O)NCCC(=O)[15NH][13CH3].[13CH3][13CH2][13CH]1CCCN1[13CH2]C(=O)NCCC(=O)[15NH][13CH3].[13CH3][13CH2][13CH]1CCC[15N]1[13CH2][13C](=O)NCCC(=O)[15NH]CC[13C](=O)ON1C(=O)CCC1=O.[13CH3][13C](=O)ON1C(=O)CCC1=O.[13CH3][13C](=O)ON1C(=O)CCC1=O.[13CH3][13C](=O)ON1C(=O)CCC1=O. The molecule has 10 aliphatic heterocycles. The molecule has 0 spiro atoms. The summed E-state index contributed by atoms with van der Waals surface area (Å²) in [6.07, 6.45) is 18.8. The van der Waals surface area contributed by atoms with Crippen LogP contribution >= 0.6 is 0 Å². The molecule has 50 heteroatoms. The predicted molar refractivity (Wildman–Crippen MR) is 493 cm³/mol. The van der Waals surface area contributed by atoms with Gasteiger partial charge < -0.3 is 77.4 Å². The molecule has 0 aliphatic carbocycles. The number of likely N-dealkylation sites (tertiary alicyclic amines) is 5. The molecule has 10 aliphatic rings. The first-order valence-corrected chi connectivity index (χ1v) is 48.1. The Hall–Kier alpha value is -12.4. The van der Waals surface area contributed by atoms with Gasteiger partial charge in [-0.1, -0.05) is 34.6 Å². The van der Waals surface area contributed by atoms with E-state index in [0.29, 0.717) is 127 Å². The van der Waals surface area contributed by atoms with Gasteiger partial charge in [-0.2, -0.15) is 0 Å². The summed E-state index contributed by atoms with van der Waals surface area (Å²) in [7, 11) is 4.79. The van der Waals surface area contributed by atoms with Crippen molar-refractivity contribution in [3.05, 3.63) is 0 Å². The van der Waals surface area contributed by atoms with Gasteiger partial charge in [0.15, 0.2) is 0 Å². The molecule has 10 saturated heterocycles. The Morgan fingerprint density at radius 3 is 0.557 bits per heavy atom. The summed E-state index contributed by atoms with van der Waals surface area (Å²) in [5.74, 6) is -9.30. The van der Waals surface area contributed by atoms with Crippen LogP contribution in [0.4, 0.5) is 0 Å². The first-order chi connectivity index (χ1) is 66.6. The fourth-order valence-electron chi connectivity index (χ4n) is 15.7. The maximum absolute atomic E-state index is 12.0. The van der Waals surface area contributed by atoms with Crippen molar-refractivity contribution < 1.29 is 144 Å². The minimum atomic E-state index is -0.770. The first-order valence-electron chi connectivity index (χ1n) is 48.1. The molecule has 140 heavy (non-hydrogen) atoms. The molecule has 50 nitrogen and oxygen atoms in total. The van der Waals surface area contributed by atoms with Crippen LogP contribution in [0.5, 0.6) is 0 Å². The molecule has 10 heterocycles. The van der Waals surface area contributed by atoms with Crippen LogP contribution in [0.2, 0.25) is 0 Å². The second-order valence-electron chi connectivity index (χ2n) is 33.7. The Bertz CT molecular complexity index is 3800. The van der Waals surface area contributed by atoms with Gasteiger partial charge in [-0.05, 0) is 129 Å². The van der Waals surface area contributed by atoms with Crippen molar-refractivity contribution in [2.24, 2.45) is 0 Å². The fourth-order valence-corrected chi connectivity index (χ4v) is 15.7. The highest BCUT2D eigenvalue weighted by molar-refractivity contribution is 6.04. The Kier molecular flexibility index (Phi) is 58.9. The number of hydroxylamine groups is 10. The van der Waals surface area contributed by atoms with Crippen molar-refractivity contribution in [2.75, 3.05) is 132 Å². The lowest BCUT2D eigenvalue weighted by Gasteiger charge is -2.22. The van der Waals surface area contributed by atoms with E-state index in [1.807, 2.05) is 0 Å². The standard InChI is InChI=1S/2C18H28N4O6.3C12H23N3O2.3C6H7NO4/c2*1-2-13-4-3-11-21(13)12-15(24)20-9-7-14(23)19-10-8-18(27)28-22-16(25)5-6-17(22)26;3*1-3-10-5-4-8-15(10)9-12(17)14-7-6-11(16)13-2;3*1-4(8)11-7-5(9)2-3-6(7)10/h2*13H,2-12H2,1H3,(H,19,23)(H,20,24);3*10H,3-9H2,1-2H3,(H,13,16)(H,14,17);3*2-3H2,1H3/i2+1,3+1,4+1,11+1,13+1,15+1,18+1,19+1,21+1;1+1,2+1,12+1,13+1,15+1,18+1,19+1,21+1;1+1,2+1,3+1,9+1,13+1,15+1;1+1,2+1,3+1,9+1,12+1,13+1;1+1,2+1,3+1,9+1,10+1,13+1;3*1+1,4+1. The Balaban J connectivity index is 0.000000422. The van der Waals surface area contributed by atoms with Gasteiger partial charge in [0.2, 0.25) is 59.1 Å². The molecule has 5 atom stereocenters. The van der Waals surface area contributed by atoms with Crippen molar-refractivity contribution in [3.63, 3.8) is 0 Å². The van der Waals surface area contributed by atoms with Gasteiger partial charge in [0.05, 0.1) is 45.6 Å². The van der Waals surface area contributed by atoms with E-state index in [1.54, 1.807) is 21.1 Å². The molecule has 0 saturated carbocycles. The van der Waals surface area contributed by atoms with Crippen LogP contribution in [-0.2, 0) is 144 Å². The molecule has 20 amide bonds. The van der Waals surface area contributed by atoms with Gasteiger partial charge in [-0.15, -0.1) is 25.3 Å². The number of hydrogen-bond donors (Lipinski definition) is 10. The van der Waals surface area contributed by atoms with Gasteiger partial charge in [-0.3, -0.25) is 120 Å². The monoisotopic (exact) mass is 2030 g/mol. The zero-order valence-electron chi connectivity index (χ0n) is 82.8. The third-order valence-electron chi connectivity index (χ3n) is 23.2. The van der Waals surface area contributed by atoms with E-state index < -0.39 is 88.9 Å². The minimum Gasteiger partial charge on any atom is -0.359 e. The summed E-state index contributed by atoms with van der Waals surface area (Å²) in [5, 5.41) is 28.9. The number of rotatable bonds is 41. The number of imide groups is 5. The molecule has 10 rings (SSSR count). The van der Waals surface area contributed by atoms with E-state index in [0.717, 1.165) is 111 Å². The largest absolute Gasteiger partial charge is 0.359 e. The van der Waals surface area contributed by atoms with Gasteiger partial charge in [0.25, 0.3) is 59.1 Å². The maximum atomic E-state index is 12.0. The minimum absolute atomic E-state index is 0.0216. The van der Waals surface area contributed by atoms with Crippen LogP contribution < -0.4 is 53.2 Å². The average Bonchev–Trinajstić information content (AvgIpc) is 1.62. The number of hydrogen-bond acceptors (Lipinski definition) is 35. The van der Waals surface area contributed by atoms with Crippen LogP contribution in [0.1, 0.15) is 261 Å². The highest BCUT2D eigenvalue weighted by Gasteiger charge is 2.38. The van der Waals surface area contributed by atoms with Crippen LogP contribution in [-0.4, -0.2) is 360 Å². The van der Waals surface area contributed by atoms with E-state index in [1.165, 1.54) is 38.5 Å². The fraction of sp³-hybridized carbons (Fsp3) is 0.722. The third kappa shape index (κ3) is 48.4. The lowest BCUT2D eigenvalue weighted by molar-refractivity contribution is -0.197. The summed E-state index contributed by atoms with van der Waals surface area (Å²) < 4.78 is 0. The zero-order valence-corrected chi connectivity index (χ0v) is 82.8. The summed E-state index contributed by atoms with van der Waals surface area (Å²) in [6, 6.07) is 2.58. The third-order valence-corrected chi connectivity index (χ3v) is 23.2. The van der Waals surface area contributed by atoms with E-state index in [4.69, 9.17) is 9.68 Å². The summed E-state index contributed by atoms with van der Waals surface area (Å²) in [5.41, 5.74) is 0. The highest BCUT2D eigenvalue weighted by atomic mass is 16.8. The maximum Gasteiger partial charge on any atom is 0.334 e. The number of carbonyl (C=O) groups is 25. The van der Waals surface area contributed by atoms with Crippen molar-refractivity contribution in [3.8, 4) is 0 Å². The number of nitrogens with zero attached hydrogens (tertiary/aromatic N) is 10. The highest BCUT2D eigenvalue weighted by Crippen LogP contribution is 2.25. The molecule has 0 bridgehead atoms. The van der Waals surface area contributed by atoms with Gasteiger partial charge in [-0.25, -0.2) is 24.0 Å². The molecule has 786 valence electrons. The molecule has 0 radical (unpaired) electrons. The van der Waals surface area contributed by atoms with Gasteiger partial charge >= 0.3 is 29.8 Å². The Morgan fingerprint density at radius 1 is 0.236 bits per heavy atom. The molecule has 5 unspecified atom stereocenters. The van der Waals surface area contributed by atoms with Crippen LogP contribution in [0.15, 0.2) is 0 Å². The Labute approximate surface area is 815 Å². The second kappa shape index (κ2) is 67.8. The van der Waals surface area contributed by atoms with Crippen molar-refractivity contribution in [1.29, 1.82) is 0 Å². The quantitative estimate of drug-likeness (QED) is 0.0182. The van der Waals surface area contributed by atoms with Crippen molar-refractivity contribution in [2.45, 2.75) is 291 Å². The van der Waals surface area contributed by atoms with Crippen LogP contribution in [0, 0.1) is 0 Å². The molecular weight excluding hydrogens is 1880 g/mol. The van der Waals surface area contributed by atoms with Crippen molar-refractivity contribution in [1.82, 2.24) is 103 Å². The van der Waals surface area contributed by atoms with Crippen LogP contribution in [0.25, 0.3) is 0 Å². The zero-order chi connectivity index (χ0) is 104. The number of carbonyl (C=O) groups excluding carboxylic acids is 25. The van der Waals surface area contributed by atoms with Gasteiger partial charge in [0.1, 0.15) is 0 Å². The smallest absolute Gasteiger partial charge is 0.334 e. The summed E-state index contributed by atoms with van der Waals surface area (Å²) in [6.45, 7) is 22.8. The van der Waals surface area contributed by atoms with E-state index in [9.17, 15) is 120 Å². The van der Waals surface area contributed by atoms with E-state index in [2.05, 4.69) is 127 Å². The van der Waals surface area contributed by atoms with E-state index in [-0.39, 0.29) is 175 Å². The number of nitrogens with one attached hydrogen (secondary N) is 10. The lowest BCUT2D eigenvalue weighted by atomic mass is 10.3. The molecule has 10 N–H and O–H groups in total. The number of amides is 20. The molecular formula is C90H146N20O30. The normalized spacial score (nSPS) is 19.4. The summed E-state index contributed by atoms with van der Waals surface area (Å²) in [4.78, 5) is 313. The Morgan fingerprint density at radius 2 is 0.393 bits per heavy atom. The average molecular weight is 2030 g/mol. The van der Waals surface area contributed by atoms with Gasteiger partial charge in [0, 0.05) is 214 Å². The topological polar surface area (TPSA) is 626 Å². The molecule has 0 aromatic rings. The van der Waals surface area contributed by atoms with Crippen LogP contribution in [0.3, 0.4) is 0 Å². The van der Waals surface area contributed by atoms with E-state index >= 15 is 0 Å².